The highest BCUT2D eigenvalue weighted by Crippen LogP contribution is 2.22. The number of hydrogen-bond acceptors (Lipinski definition) is 4. The molecule has 3 aromatic rings. The molecular weight excluding hydrogens is 474 g/mol. The van der Waals surface area contributed by atoms with Gasteiger partial charge in [0.05, 0.1) is 29.7 Å². The summed E-state index contributed by atoms with van der Waals surface area (Å²) in [6.07, 6.45) is 6.57. The van der Waals surface area contributed by atoms with E-state index < -0.39 is 10.0 Å². The molecule has 0 spiro atoms. The molecule has 0 unspecified atom stereocenters. The van der Waals surface area contributed by atoms with Crippen LogP contribution in [0.3, 0.4) is 0 Å². The molecule has 0 atom stereocenters. The van der Waals surface area contributed by atoms with Crippen molar-refractivity contribution in [2.45, 2.75) is 44.7 Å². The Morgan fingerprint density at radius 2 is 1.47 bits per heavy atom. The molecule has 1 aliphatic rings. The van der Waals surface area contributed by atoms with E-state index in [1.807, 2.05) is 6.07 Å². The van der Waals surface area contributed by atoms with Crippen molar-refractivity contribution >= 4 is 33.2 Å². The molecule has 1 fully saturated rings. The highest BCUT2D eigenvalue weighted by atomic mass is 32.2. The van der Waals surface area contributed by atoms with E-state index in [0.29, 0.717) is 22.5 Å². The average molecular weight is 506 g/mol. The predicted octanol–water partition coefficient (Wildman–Crippen LogP) is 4.97. The molecule has 3 aromatic carbocycles. The van der Waals surface area contributed by atoms with Crippen LogP contribution in [0.5, 0.6) is 0 Å². The Kier molecular flexibility index (Phi) is 8.05. The lowest BCUT2D eigenvalue weighted by Gasteiger charge is -2.23. The summed E-state index contributed by atoms with van der Waals surface area (Å²) in [5, 5.41) is 5.95. The second-order valence-corrected chi connectivity index (χ2v) is 11.0. The zero-order chi connectivity index (χ0) is 25.5. The van der Waals surface area contributed by atoms with E-state index in [-0.39, 0.29) is 24.4 Å². The van der Waals surface area contributed by atoms with Crippen LogP contribution in [0.1, 0.15) is 58.4 Å². The molecule has 0 radical (unpaired) electrons. The summed E-state index contributed by atoms with van der Waals surface area (Å²) in [6.45, 7) is 0.148. The third kappa shape index (κ3) is 6.51. The summed E-state index contributed by atoms with van der Waals surface area (Å²) in [5.41, 5.74) is 2.61. The Labute approximate surface area is 212 Å². The van der Waals surface area contributed by atoms with Gasteiger partial charge in [0.25, 0.3) is 11.8 Å². The van der Waals surface area contributed by atoms with E-state index in [0.717, 1.165) is 31.2 Å². The van der Waals surface area contributed by atoms with Gasteiger partial charge in [0.2, 0.25) is 10.0 Å². The molecule has 8 heteroatoms. The molecule has 0 aliphatic heterocycles. The third-order valence-corrected chi connectivity index (χ3v) is 7.49. The van der Waals surface area contributed by atoms with Crippen LogP contribution < -0.4 is 14.9 Å². The van der Waals surface area contributed by atoms with Gasteiger partial charge in [0.15, 0.2) is 0 Å². The Morgan fingerprint density at radius 3 is 2.14 bits per heavy atom. The quantitative estimate of drug-likeness (QED) is 0.452. The standard InChI is InChI=1S/C28H31N3O4S/c1-36(34,35)31(24-12-6-3-7-13-24)20-21-16-18-22(19-17-21)27(32)30-26-15-9-8-14-25(26)28(33)29-23-10-4-2-5-11-23/h3,6-9,12-19,23H,2,4-5,10-11,20H2,1H3,(H,29,33)(H,30,32). The molecule has 0 heterocycles. The minimum absolute atomic E-state index is 0.148. The van der Waals surface area contributed by atoms with Gasteiger partial charge in [-0.05, 0) is 54.8 Å². The lowest BCUT2D eigenvalue weighted by molar-refractivity contribution is 0.0928. The fourth-order valence-corrected chi connectivity index (χ4v) is 5.30. The van der Waals surface area contributed by atoms with Crippen molar-refractivity contribution in [3.05, 3.63) is 95.6 Å². The molecule has 2 N–H and O–H groups in total. The van der Waals surface area contributed by atoms with Crippen LogP contribution in [-0.2, 0) is 16.6 Å². The monoisotopic (exact) mass is 505 g/mol. The van der Waals surface area contributed by atoms with Crippen molar-refractivity contribution in [1.82, 2.24) is 5.32 Å². The fourth-order valence-electron chi connectivity index (χ4n) is 4.42. The lowest BCUT2D eigenvalue weighted by Crippen LogP contribution is -2.36. The number of sulfonamides is 1. The van der Waals surface area contributed by atoms with E-state index in [4.69, 9.17) is 0 Å². The smallest absolute Gasteiger partial charge is 0.255 e. The molecule has 1 saturated carbocycles. The number of anilines is 2. The normalized spacial score (nSPS) is 14.1. The molecular formula is C28H31N3O4S. The van der Waals surface area contributed by atoms with Crippen molar-refractivity contribution < 1.29 is 18.0 Å². The molecule has 1 aliphatic carbocycles. The van der Waals surface area contributed by atoms with Crippen molar-refractivity contribution in [2.75, 3.05) is 15.9 Å². The van der Waals surface area contributed by atoms with Gasteiger partial charge in [-0.3, -0.25) is 13.9 Å². The van der Waals surface area contributed by atoms with Gasteiger partial charge in [-0.2, -0.15) is 0 Å². The zero-order valence-corrected chi connectivity index (χ0v) is 21.1. The van der Waals surface area contributed by atoms with Gasteiger partial charge >= 0.3 is 0 Å². The molecule has 0 aromatic heterocycles. The van der Waals surface area contributed by atoms with E-state index in [1.165, 1.54) is 17.0 Å². The van der Waals surface area contributed by atoms with Gasteiger partial charge in [-0.1, -0.05) is 61.7 Å². The van der Waals surface area contributed by atoms with Crippen LogP contribution >= 0.6 is 0 Å². The minimum Gasteiger partial charge on any atom is -0.349 e. The molecule has 7 nitrogen and oxygen atoms in total. The maximum atomic E-state index is 12.9. The second kappa shape index (κ2) is 11.4. The van der Waals surface area contributed by atoms with Crippen molar-refractivity contribution in [2.24, 2.45) is 0 Å². The highest BCUT2D eigenvalue weighted by molar-refractivity contribution is 7.92. The van der Waals surface area contributed by atoms with Crippen molar-refractivity contribution in [1.29, 1.82) is 0 Å². The summed E-state index contributed by atoms with van der Waals surface area (Å²) in [7, 11) is -3.49. The predicted molar refractivity (Wildman–Crippen MR) is 143 cm³/mol. The Hall–Kier alpha value is -3.65. The third-order valence-electron chi connectivity index (χ3n) is 6.35. The number of nitrogens with zero attached hydrogens (tertiary/aromatic N) is 1. The Bertz CT molecular complexity index is 1300. The fraction of sp³-hybridized carbons (Fsp3) is 0.286. The number of hydrogen-bond donors (Lipinski definition) is 2. The first-order valence-corrected chi connectivity index (χ1v) is 14.0. The molecule has 4 rings (SSSR count). The van der Waals surface area contributed by atoms with E-state index >= 15 is 0 Å². The van der Waals surface area contributed by atoms with Crippen molar-refractivity contribution in [3.63, 3.8) is 0 Å². The van der Waals surface area contributed by atoms with Crippen LogP contribution in [0.2, 0.25) is 0 Å². The summed E-state index contributed by atoms with van der Waals surface area (Å²) in [4.78, 5) is 25.8. The molecule has 0 bridgehead atoms. The Morgan fingerprint density at radius 1 is 0.833 bits per heavy atom. The first kappa shape index (κ1) is 25.4. The first-order chi connectivity index (χ1) is 17.3. The van der Waals surface area contributed by atoms with Gasteiger partial charge < -0.3 is 10.6 Å². The SMILES string of the molecule is CS(=O)(=O)N(Cc1ccc(C(=O)Nc2ccccc2C(=O)NC2CCCCC2)cc1)c1ccccc1. The van der Waals surface area contributed by atoms with Crippen LogP contribution in [0.25, 0.3) is 0 Å². The average Bonchev–Trinajstić information content (AvgIpc) is 2.88. The maximum Gasteiger partial charge on any atom is 0.255 e. The number of benzene rings is 3. The first-order valence-electron chi connectivity index (χ1n) is 12.1. The molecule has 0 saturated heterocycles. The summed E-state index contributed by atoms with van der Waals surface area (Å²) >= 11 is 0. The van der Waals surface area contributed by atoms with Crippen LogP contribution in [0.4, 0.5) is 11.4 Å². The van der Waals surface area contributed by atoms with E-state index in [1.54, 1.807) is 72.8 Å². The Balaban J connectivity index is 1.45. The van der Waals surface area contributed by atoms with Gasteiger partial charge in [0, 0.05) is 11.6 Å². The maximum absolute atomic E-state index is 12.9. The summed E-state index contributed by atoms with van der Waals surface area (Å²) < 4.78 is 26.0. The van der Waals surface area contributed by atoms with Crippen molar-refractivity contribution in [3.8, 4) is 0 Å². The molecule has 36 heavy (non-hydrogen) atoms. The van der Waals surface area contributed by atoms with E-state index in [9.17, 15) is 18.0 Å². The number of nitrogens with one attached hydrogen (secondary N) is 2. The molecule has 188 valence electrons. The minimum atomic E-state index is -3.49. The van der Waals surface area contributed by atoms with Crippen LogP contribution in [0.15, 0.2) is 78.9 Å². The van der Waals surface area contributed by atoms with Gasteiger partial charge in [0.1, 0.15) is 0 Å². The lowest BCUT2D eigenvalue weighted by atomic mass is 9.95. The second-order valence-electron chi connectivity index (χ2n) is 9.11. The van der Waals surface area contributed by atoms with Crippen LogP contribution in [0, 0.1) is 0 Å². The largest absolute Gasteiger partial charge is 0.349 e. The summed E-state index contributed by atoms with van der Waals surface area (Å²) in [6, 6.07) is 22.8. The zero-order valence-electron chi connectivity index (χ0n) is 20.3. The van der Waals surface area contributed by atoms with Gasteiger partial charge in [-0.25, -0.2) is 8.42 Å². The number of amides is 2. The van der Waals surface area contributed by atoms with Crippen LogP contribution in [-0.4, -0.2) is 32.5 Å². The van der Waals surface area contributed by atoms with E-state index in [2.05, 4.69) is 10.6 Å². The van der Waals surface area contributed by atoms with Gasteiger partial charge in [-0.15, -0.1) is 0 Å². The number of carbonyl (C=O) groups excluding carboxylic acids is 2. The molecule has 2 amide bonds. The number of para-hydroxylation sites is 2. The topological polar surface area (TPSA) is 95.6 Å². The summed E-state index contributed by atoms with van der Waals surface area (Å²) in [5.74, 6) is -0.530. The highest BCUT2D eigenvalue weighted by Gasteiger charge is 2.20. The number of rotatable bonds is 8. The number of carbonyl (C=O) groups is 2.